The number of hydrogen-bond donors (Lipinski definition) is 3. The average molecular weight is 453 g/mol. The van der Waals surface area contributed by atoms with Crippen LogP contribution in [0.2, 0.25) is 5.02 Å². The molecule has 1 fully saturated rings. The minimum absolute atomic E-state index is 0.0271. The second kappa shape index (κ2) is 8.38. The molecule has 0 unspecified atom stereocenters. The molecule has 1 aliphatic rings. The molecule has 3 N–H and O–H groups in total. The van der Waals surface area contributed by atoms with E-state index in [4.69, 9.17) is 15.7 Å². The van der Waals surface area contributed by atoms with Crippen LogP contribution in [0, 0.1) is 23.7 Å². The third kappa shape index (κ3) is 4.52. The standard InChI is InChI=1S/C24H24ClN5O2/c1-13-9-17(13)23(31)28-20-11-18-15(12-27-22(26-4)21(18)30-29-20)6-5-14-7-8-16(10-19(14)25)24(2,3)32/h7-8,10-13,17,32H,9H2,1-4H3,(H,26,27)(H,28,29,31)/t13-,17+/m1/s1/i4D3. The predicted molar refractivity (Wildman–Crippen MR) is 125 cm³/mol. The van der Waals surface area contributed by atoms with Gasteiger partial charge in [-0.15, -0.1) is 10.2 Å². The number of benzene rings is 1. The molecule has 3 aromatic rings. The van der Waals surface area contributed by atoms with Crippen LogP contribution in [0.1, 0.15) is 48.0 Å². The normalized spacial score (nSPS) is 19.2. The van der Waals surface area contributed by atoms with Crippen LogP contribution in [0.25, 0.3) is 10.9 Å². The van der Waals surface area contributed by atoms with E-state index >= 15 is 0 Å². The van der Waals surface area contributed by atoms with Crippen molar-refractivity contribution in [1.29, 1.82) is 0 Å². The van der Waals surface area contributed by atoms with Crippen molar-refractivity contribution >= 4 is 40.0 Å². The minimum atomic E-state index is -2.49. The van der Waals surface area contributed by atoms with Gasteiger partial charge in [-0.3, -0.25) is 4.79 Å². The van der Waals surface area contributed by atoms with Gasteiger partial charge >= 0.3 is 0 Å². The number of aromatic nitrogens is 3. The first-order valence-corrected chi connectivity index (χ1v) is 10.5. The van der Waals surface area contributed by atoms with Crippen molar-refractivity contribution < 1.29 is 14.0 Å². The smallest absolute Gasteiger partial charge is 0.228 e. The number of anilines is 2. The largest absolute Gasteiger partial charge is 0.386 e. The lowest BCUT2D eigenvalue weighted by Crippen LogP contribution is -2.16. The Bertz CT molecular complexity index is 1380. The fraction of sp³-hybridized carbons (Fsp3) is 0.333. The molecule has 32 heavy (non-hydrogen) atoms. The van der Waals surface area contributed by atoms with E-state index in [1.807, 2.05) is 6.92 Å². The van der Waals surface area contributed by atoms with Gasteiger partial charge in [0.15, 0.2) is 11.6 Å². The van der Waals surface area contributed by atoms with Crippen LogP contribution in [0.3, 0.4) is 0 Å². The summed E-state index contributed by atoms with van der Waals surface area (Å²) in [4.78, 5) is 16.6. The zero-order chi connectivity index (χ0) is 25.5. The van der Waals surface area contributed by atoms with Crippen molar-refractivity contribution in [2.24, 2.45) is 11.8 Å². The molecule has 1 amide bonds. The minimum Gasteiger partial charge on any atom is -0.386 e. The molecule has 1 saturated carbocycles. The number of nitrogens with zero attached hydrogens (tertiary/aromatic N) is 3. The highest BCUT2D eigenvalue weighted by Crippen LogP contribution is 2.38. The predicted octanol–water partition coefficient (Wildman–Crippen LogP) is 3.94. The number of hydrogen-bond acceptors (Lipinski definition) is 6. The van der Waals surface area contributed by atoms with Gasteiger partial charge < -0.3 is 15.7 Å². The van der Waals surface area contributed by atoms with E-state index in [1.165, 1.54) is 6.20 Å². The van der Waals surface area contributed by atoms with Crippen LogP contribution in [0.15, 0.2) is 30.5 Å². The Labute approximate surface area is 195 Å². The first-order chi connectivity index (χ1) is 16.3. The van der Waals surface area contributed by atoms with Gasteiger partial charge in [0.2, 0.25) is 5.91 Å². The first-order valence-electron chi connectivity index (χ1n) is 11.6. The summed E-state index contributed by atoms with van der Waals surface area (Å²) in [6.07, 6.45) is 2.26. The third-order valence-corrected chi connectivity index (χ3v) is 5.77. The van der Waals surface area contributed by atoms with Gasteiger partial charge in [0.25, 0.3) is 0 Å². The Balaban J connectivity index is 1.75. The summed E-state index contributed by atoms with van der Waals surface area (Å²) >= 11 is 6.38. The van der Waals surface area contributed by atoms with Crippen molar-refractivity contribution in [3.05, 3.63) is 52.2 Å². The molecule has 0 radical (unpaired) electrons. The molecule has 1 aliphatic carbocycles. The van der Waals surface area contributed by atoms with Crippen LogP contribution in [0.4, 0.5) is 11.6 Å². The monoisotopic (exact) mass is 452 g/mol. The summed E-state index contributed by atoms with van der Waals surface area (Å²) in [5.74, 6) is 6.41. The van der Waals surface area contributed by atoms with Gasteiger partial charge in [0.1, 0.15) is 5.52 Å². The number of nitrogens with one attached hydrogen (secondary N) is 2. The van der Waals surface area contributed by atoms with E-state index in [2.05, 4.69) is 37.7 Å². The Hall–Kier alpha value is -3.21. The summed E-state index contributed by atoms with van der Waals surface area (Å²) < 4.78 is 22.5. The van der Waals surface area contributed by atoms with Crippen LogP contribution in [-0.4, -0.2) is 33.2 Å². The molecule has 0 aliphatic heterocycles. The molecule has 0 saturated heterocycles. The number of amides is 1. The molecule has 2 atom stereocenters. The highest BCUT2D eigenvalue weighted by molar-refractivity contribution is 6.31. The summed E-state index contributed by atoms with van der Waals surface area (Å²) in [6.45, 7) is 2.84. The third-order valence-electron chi connectivity index (χ3n) is 5.45. The van der Waals surface area contributed by atoms with Crippen molar-refractivity contribution in [3.63, 3.8) is 0 Å². The quantitative estimate of drug-likeness (QED) is 0.518. The molecule has 8 heteroatoms. The molecule has 2 aromatic heterocycles. The number of aliphatic hydroxyl groups is 1. The molecular weight excluding hydrogens is 426 g/mol. The Kier molecular flexibility index (Phi) is 4.81. The summed E-state index contributed by atoms with van der Waals surface area (Å²) in [7, 11) is 0. The second-order valence-corrected chi connectivity index (χ2v) is 8.86. The second-order valence-electron chi connectivity index (χ2n) is 8.45. The van der Waals surface area contributed by atoms with E-state index in [-0.39, 0.29) is 29.0 Å². The SMILES string of the molecule is [2H]C([2H])([2H])Nc1ncc(C#Cc2ccc(C(C)(C)O)cc2Cl)c2cc(NC(=O)[C@H]3C[C@H]3C)nnc12. The summed E-state index contributed by atoms with van der Waals surface area (Å²) in [6, 6.07) is 6.71. The molecule has 0 spiro atoms. The van der Waals surface area contributed by atoms with Crippen LogP contribution >= 0.6 is 11.6 Å². The molecule has 2 heterocycles. The number of halogens is 1. The zero-order valence-corrected chi connectivity index (χ0v) is 18.6. The number of fused-ring (bicyclic) bond motifs is 1. The van der Waals surface area contributed by atoms with Crippen molar-refractivity contribution in [2.45, 2.75) is 32.8 Å². The van der Waals surface area contributed by atoms with E-state index in [0.29, 0.717) is 33.0 Å². The maximum absolute atomic E-state index is 12.4. The van der Waals surface area contributed by atoms with E-state index < -0.39 is 12.6 Å². The van der Waals surface area contributed by atoms with Gasteiger partial charge in [-0.2, -0.15) is 0 Å². The van der Waals surface area contributed by atoms with Gasteiger partial charge in [0, 0.05) is 34.2 Å². The lowest BCUT2D eigenvalue weighted by Gasteiger charge is -2.18. The van der Waals surface area contributed by atoms with E-state index in [0.717, 1.165) is 6.42 Å². The number of pyridine rings is 1. The molecule has 4 rings (SSSR count). The number of carbonyl (C=O) groups is 1. The Morgan fingerprint density at radius 3 is 2.69 bits per heavy atom. The molecule has 164 valence electrons. The fourth-order valence-corrected chi connectivity index (χ4v) is 3.55. The van der Waals surface area contributed by atoms with Crippen LogP contribution in [-0.2, 0) is 10.4 Å². The Morgan fingerprint density at radius 1 is 1.28 bits per heavy atom. The maximum Gasteiger partial charge on any atom is 0.228 e. The number of carbonyl (C=O) groups excluding carboxylic acids is 1. The maximum atomic E-state index is 12.4. The van der Waals surface area contributed by atoms with Crippen LogP contribution in [0.5, 0.6) is 0 Å². The molecular formula is C24H24ClN5O2. The average Bonchev–Trinajstić information content (AvgIpc) is 3.49. The molecule has 7 nitrogen and oxygen atoms in total. The van der Waals surface area contributed by atoms with E-state index in [9.17, 15) is 9.90 Å². The first kappa shape index (κ1) is 18.4. The highest BCUT2D eigenvalue weighted by Gasteiger charge is 2.39. The lowest BCUT2D eigenvalue weighted by atomic mass is 9.97. The van der Waals surface area contributed by atoms with Crippen LogP contribution < -0.4 is 10.6 Å². The zero-order valence-electron chi connectivity index (χ0n) is 20.8. The van der Waals surface area contributed by atoms with Gasteiger partial charge in [-0.05, 0) is 49.9 Å². The van der Waals surface area contributed by atoms with Crippen molar-refractivity contribution in [2.75, 3.05) is 17.6 Å². The topological polar surface area (TPSA) is 100 Å². The highest BCUT2D eigenvalue weighted by atomic mass is 35.5. The molecule has 1 aromatic carbocycles. The van der Waals surface area contributed by atoms with Gasteiger partial charge in [0.05, 0.1) is 16.2 Å². The fourth-order valence-electron chi connectivity index (χ4n) is 3.32. The van der Waals surface area contributed by atoms with Gasteiger partial charge in [-0.25, -0.2) is 4.98 Å². The lowest BCUT2D eigenvalue weighted by molar-refractivity contribution is -0.117. The van der Waals surface area contributed by atoms with Crippen molar-refractivity contribution in [1.82, 2.24) is 15.2 Å². The molecule has 0 bridgehead atoms. The van der Waals surface area contributed by atoms with Crippen molar-refractivity contribution in [3.8, 4) is 11.8 Å². The summed E-state index contributed by atoms with van der Waals surface area (Å²) in [5, 5.41) is 24.3. The Morgan fingerprint density at radius 2 is 2.03 bits per heavy atom. The number of rotatable bonds is 4. The van der Waals surface area contributed by atoms with E-state index in [1.54, 1.807) is 38.1 Å². The summed E-state index contributed by atoms with van der Waals surface area (Å²) in [5.41, 5.74) is 0.800. The van der Waals surface area contributed by atoms with Gasteiger partial charge in [-0.1, -0.05) is 36.4 Å².